The maximum Gasteiger partial charge on any atom is 0.254 e. The third kappa shape index (κ3) is 20.0. The number of fused-ring (bicyclic) bond motifs is 2. The van der Waals surface area contributed by atoms with E-state index in [1.807, 2.05) is 65.0 Å². The van der Waals surface area contributed by atoms with Crippen molar-refractivity contribution in [1.29, 1.82) is 0 Å². The van der Waals surface area contributed by atoms with E-state index in [9.17, 15) is 50.7 Å². The van der Waals surface area contributed by atoms with Crippen LogP contribution in [0.2, 0.25) is 0 Å². The molecule has 3 heterocycles. The Hall–Kier alpha value is -10.2. The number of rotatable bonds is 34. The number of nitrogens with one attached hydrogen (secondary N) is 3. The van der Waals surface area contributed by atoms with Crippen LogP contribution >= 0.6 is 0 Å². The molecule has 0 bridgehead atoms. The second-order valence-corrected chi connectivity index (χ2v) is 33.3. The number of amides is 5. The summed E-state index contributed by atoms with van der Waals surface area (Å²) in [5, 5.41) is 30.8. The summed E-state index contributed by atoms with van der Waals surface area (Å²) in [6.45, 7) is 24.1. The van der Waals surface area contributed by atoms with Crippen LogP contribution in [0.25, 0.3) is 33.4 Å². The van der Waals surface area contributed by atoms with Crippen LogP contribution < -0.4 is 30.8 Å². The Morgan fingerprint density at radius 2 is 1.31 bits per heavy atom. The third-order valence-corrected chi connectivity index (χ3v) is 24.2. The maximum atomic E-state index is 14.7. The van der Waals surface area contributed by atoms with Gasteiger partial charge in [-0.15, -0.1) is 5.10 Å². The molecule has 3 atom stereocenters. The summed E-state index contributed by atoms with van der Waals surface area (Å²) >= 11 is 0. The summed E-state index contributed by atoms with van der Waals surface area (Å²) in [7, 11) is -8.88. The zero-order valence-corrected chi connectivity index (χ0v) is 66.4. The smallest absolute Gasteiger partial charge is 0.254 e. The lowest BCUT2D eigenvalue weighted by molar-refractivity contribution is -0.134. The molecule has 7 aromatic rings. The molecule has 1 unspecified atom stereocenters. The molecule has 5 amide bonds. The summed E-state index contributed by atoms with van der Waals surface area (Å²) in [5.74, 6) is -1.21. The molecule has 10 rings (SSSR count). The van der Waals surface area contributed by atoms with E-state index in [4.69, 9.17) is 4.42 Å². The molecule has 6 aromatic carbocycles. The molecule has 3 aliphatic rings. The Morgan fingerprint density at radius 1 is 0.655 bits per heavy atom. The minimum Gasteiger partial charge on any atom is -0.456 e. The Kier molecular flexibility index (Phi) is 27.7. The van der Waals surface area contributed by atoms with Gasteiger partial charge in [0.1, 0.15) is 41.1 Å². The highest BCUT2D eigenvalue weighted by Crippen LogP contribution is 2.43. The van der Waals surface area contributed by atoms with Gasteiger partial charge in [0.2, 0.25) is 48.8 Å². The van der Waals surface area contributed by atoms with Gasteiger partial charge in [0, 0.05) is 136 Å². The zero-order valence-electron chi connectivity index (χ0n) is 64.7. The number of carbonyl (C=O) groups excluding carboxylic acids is 6. The summed E-state index contributed by atoms with van der Waals surface area (Å²) in [5.41, 5.74) is 7.48. The van der Waals surface area contributed by atoms with Gasteiger partial charge in [0.25, 0.3) is 5.91 Å². The number of piperazine rings is 1. The molecule has 0 spiro atoms. The molecule has 25 heteroatoms. The maximum absolute atomic E-state index is 14.7. The van der Waals surface area contributed by atoms with Crippen LogP contribution in [0.3, 0.4) is 0 Å². The average Bonchev–Trinajstić information content (AvgIpc) is 0.777. The van der Waals surface area contributed by atoms with E-state index in [2.05, 4.69) is 99.8 Å². The van der Waals surface area contributed by atoms with Crippen molar-refractivity contribution in [2.45, 2.75) is 159 Å². The fraction of sp³-hybridized carbons (Fsp3) is 0.400. The SMILES string of the molecule is CCN(CC)c1ccc2c(-c3ccccc3C(=O)N3CCN(C(=O)CCC(=O)NCCCCCC(=O)N[C@@H](Cc4ccc(C(=O)c5ccccc5)cc4)C(=O)NCc4cn([C@@H](C)C(O)CN(CC(C)C)S(=O)(=O)c5ccccc5S(=O)(=O)c5ccc(C(C)(C)C)cc5)nn4)CC3)c3ccc(=[N+](CC)CC)cc-3oc2c1. The third-order valence-electron chi connectivity index (χ3n) is 20.3. The molecule has 1 saturated heterocycles. The van der Waals surface area contributed by atoms with Crippen LogP contribution in [0, 0.1) is 5.92 Å². The van der Waals surface area contributed by atoms with Crippen molar-refractivity contribution < 1.29 is 55.1 Å². The Balaban J connectivity index is 0.705. The van der Waals surface area contributed by atoms with Crippen molar-refractivity contribution in [1.82, 2.24) is 49.6 Å². The van der Waals surface area contributed by atoms with Gasteiger partial charge in [-0.1, -0.05) is 143 Å². The molecular formula is C85H104N11O12S2+. The molecule has 0 radical (unpaired) electrons. The summed E-state index contributed by atoms with van der Waals surface area (Å²) in [6.07, 6.45) is 1.79. The Morgan fingerprint density at radius 3 is 1.98 bits per heavy atom. The summed E-state index contributed by atoms with van der Waals surface area (Å²) in [4.78, 5) is 87.3. The van der Waals surface area contributed by atoms with E-state index in [1.54, 1.807) is 77.4 Å². The van der Waals surface area contributed by atoms with Crippen molar-refractivity contribution in [2.75, 3.05) is 76.9 Å². The average molecular weight is 1540 g/mol. The minimum absolute atomic E-state index is 0.00163. The van der Waals surface area contributed by atoms with Crippen LogP contribution in [0.4, 0.5) is 5.69 Å². The first kappa shape index (κ1) is 82.3. The number of aromatic nitrogens is 3. The lowest BCUT2D eigenvalue weighted by Crippen LogP contribution is -2.50. The van der Waals surface area contributed by atoms with Crippen LogP contribution in [-0.4, -0.2) is 170 Å². The lowest BCUT2D eigenvalue weighted by atomic mass is 9.87. The summed E-state index contributed by atoms with van der Waals surface area (Å²) in [6, 6.07) is 45.8. The number of hydrogen-bond acceptors (Lipinski definition) is 15. The predicted octanol–water partition coefficient (Wildman–Crippen LogP) is 10.9. The standard InChI is InChI=1S/C85H103N11O12S2/c1-11-91(12-2)65-38-42-70-74(52-65)108-75-53-66(92(13-3)14-4)39-43-71(75)81(70)68-27-20-21-28-69(68)84(103)94-49-47-93(48-50-94)80(100)45-44-78(98)86-46-24-16-19-31-79(99)88-72(51-60-32-34-62(35-33-60)82(101)61-25-17-15-18-26-61)83(102)87-54-64-56-96(90-89-64)59(7)73(97)57-95(55-58(5)6)110(106,107)77-30-23-22-29-76(77)109(104,105)67-40-36-63(37-41-67)85(8,9)10/h15,17-18,20-23,25-30,32-43,52-53,56,58-59,72-73,97H,11-14,16,19,24,31,44-51,54-55,57H2,1-10H3,(H2-,86,87,88,98,99,102)/p+1/t59-,72-,73?/m0/s1. The number of sulfone groups is 1. The first-order valence-corrected chi connectivity index (χ1v) is 41.1. The highest BCUT2D eigenvalue weighted by Gasteiger charge is 2.36. The fourth-order valence-electron chi connectivity index (χ4n) is 13.9. The second kappa shape index (κ2) is 37.0. The van der Waals surface area contributed by atoms with E-state index in [0.29, 0.717) is 74.2 Å². The minimum atomic E-state index is -4.55. The van der Waals surface area contributed by atoms with Gasteiger partial charge >= 0.3 is 0 Å². The largest absolute Gasteiger partial charge is 0.456 e. The molecule has 2 aliphatic heterocycles. The van der Waals surface area contributed by atoms with Crippen molar-refractivity contribution in [3.63, 3.8) is 0 Å². The van der Waals surface area contributed by atoms with Gasteiger partial charge in [-0.25, -0.2) is 26.1 Å². The van der Waals surface area contributed by atoms with Gasteiger partial charge in [-0.05, 0) is 124 Å². The monoisotopic (exact) mass is 1530 g/mol. The number of ketones is 1. The molecule has 23 nitrogen and oxygen atoms in total. The molecule has 1 aromatic heterocycles. The van der Waals surface area contributed by atoms with Gasteiger partial charge in [0.05, 0.1) is 40.7 Å². The van der Waals surface area contributed by atoms with Crippen LogP contribution in [-0.2, 0) is 57.4 Å². The van der Waals surface area contributed by atoms with E-state index in [1.165, 1.54) is 47.3 Å². The molecule has 4 N–H and O–H groups in total. The van der Waals surface area contributed by atoms with Crippen LogP contribution in [0.1, 0.15) is 157 Å². The highest BCUT2D eigenvalue weighted by molar-refractivity contribution is 7.93. The van der Waals surface area contributed by atoms with Crippen LogP contribution in [0.5, 0.6) is 0 Å². The van der Waals surface area contributed by atoms with Crippen LogP contribution in [0.15, 0.2) is 189 Å². The molecular weight excluding hydrogens is 1430 g/mol. The number of aliphatic hydroxyl groups excluding tert-OH is 1. The lowest BCUT2D eigenvalue weighted by Gasteiger charge is -2.35. The predicted molar refractivity (Wildman–Crippen MR) is 427 cm³/mol. The van der Waals surface area contributed by atoms with Crippen molar-refractivity contribution in [3.8, 4) is 22.5 Å². The normalized spacial score (nSPS) is 13.6. The fourth-order valence-corrected chi connectivity index (χ4v) is 17.6. The van der Waals surface area contributed by atoms with Crippen molar-refractivity contribution in [2.24, 2.45) is 5.92 Å². The van der Waals surface area contributed by atoms with E-state index in [-0.39, 0.29) is 84.2 Å². The number of anilines is 1. The molecule has 0 saturated carbocycles. The van der Waals surface area contributed by atoms with Gasteiger partial charge in [-0.2, -0.15) is 4.31 Å². The van der Waals surface area contributed by atoms with Gasteiger partial charge in [0.15, 0.2) is 5.78 Å². The highest BCUT2D eigenvalue weighted by atomic mass is 32.2. The number of sulfonamides is 1. The number of nitrogens with zero attached hydrogens (tertiary/aromatic N) is 8. The van der Waals surface area contributed by atoms with Gasteiger partial charge in [-0.3, -0.25) is 28.8 Å². The quantitative estimate of drug-likeness (QED) is 0.0126. The Bertz CT molecular complexity index is 5000. The number of benzene rings is 7. The van der Waals surface area contributed by atoms with E-state index < -0.39 is 66.2 Å². The zero-order chi connectivity index (χ0) is 79.0. The topological polar surface area (TPSA) is 287 Å². The number of carbonyl (C=O) groups is 6. The Labute approximate surface area is 646 Å². The molecule has 110 heavy (non-hydrogen) atoms. The van der Waals surface area contributed by atoms with Gasteiger partial charge < -0.3 is 40.2 Å². The number of unbranched alkanes of at least 4 members (excludes halogenated alkanes) is 2. The number of aliphatic hydroxyl groups is 1. The second-order valence-electron chi connectivity index (χ2n) is 29.4. The molecule has 1 fully saturated rings. The molecule has 582 valence electrons. The van der Waals surface area contributed by atoms with Crippen molar-refractivity contribution >= 4 is 71.8 Å². The van der Waals surface area contributed by atoms with E-state index >= 15 is 0 Å². The van der Waals surface area contributed by atoms with E-state index in [0.717, 1.165) is 80.5 Å². The first-order valence-electron chi connectivity index (χ1n) is 38.2. The molecule has 1 aliphatic carbocycles. The first-order chi connectivity index (χ1) is 52.6. The number of hydrogen-bond donors (Lipinski definition) is 4. The van der Waals surface area contributed by atoms with Crippen molar-refractivity contribution in [3.05, 3.63) is 209 Å². The summed E-state index contributed by atoms with van der Waals surface area (Å²) < 4.78 is 69.1.